The zero-order chi connectivity index (χ0) is 31.6. The highest BCUT2D eigenvalue weighted by Crippen LogP contribution is 2.34. The molecule has 43 heavy (non-hydrogen) atoms. The van der Waals surface area contributed by atoms with E-state index in [1.807, 2.05) is 13.8 Å². The molecule has 14 heteroatoms. The van der Waals surface area contributed by atoms with Crippen LogP contribution in [0.15, 0.2) is 40.2 Å². The number of nitrogens with two attached hydrogens (primary N) is 1. The lowest BCUT2D eigenvalue weighted by Crippen LogP contribution is -2.53. The summed E-state index contributed by atoms with van der Waals surface area (Å²) >= 11 is 1.12. The first-order valence-electron chi connectivity index (χ1n) is 13.7. The van der Waals surface area contributed by atoms with Gasteiger partial charge in [0, 0.05) is 24.0 Å². The molecule has 0 aliphatic carbocycles. The van der Waals surface area contributed by atoms with E-state index in [2.05, 4.69) is 10.2 Å². The van der Waals surface area contributed by atoms with Crippen molar-refractivity contribution >= 4 is 33.2 Å². The molecule has 1 amide bonds. The third kappa shape index (κ3) is 6.30. The number of ether oxygens (including phenoxy) is 2. The first kappa shape index (κ1) is 31.8. The highest BCUT2D eigenvalue weighted by Gasteiger charge is 2.36. The molecule has 4 rings (SSSR count). The van der Waals surface area contributed by atoms with Crippen molar-refractivity contribution < 1.29 is 23.5 Å². The first-order valence-corrected chi connectivity index (χ1v) is 14.5. The fraction of sp³-hybridized carbons (Fsp3) is 0.448. The van der Waals surface area contributed by atoms with Gasteiger partial charge in [0.2, 0.25) is 5.91 Å². The summed E-state index contributed by atoms with van der Waals surface area (Å²) in [7, 11) is 1.41. The van der Waals surface area contributed by atoms with Crippen LogP contribution in [-0.2, 0) is 26.4 Å². The van der Waals surface area contributed by atoms with E-state index in [1.54, 1.807) is 20.8 Å². The molecule has 1 atom stereocenters. The second-order valence-corrected chi connectivity index (χ2v) is 12.1. The number of hydrogen-bond donors (Lipinski definition) is 1. The summed E-state index contributed by atoms with van der Waals surface area (Å²) < 4.78 is 28.3. The fourth-order valence-corrected chi connectivity index (χ4v) is 6.13. The number of Topliss-reactive ketones (excluding diaryl/α,β-unsaturated/α-hetero) is 1. The summed E-state index contributed by atoms with van der Waals surface area (Å²) in [6.45, 7) is 8.24. The Balaban J connectivity index is 2.02. The second-order valence-electron chi connectivity index (χ2n) is 11.1. The fourth-order valence-electron chi connectivity index (χ4n) is 4.91. The molecule has 0 fully saturated rings. The Morgan fingerprint density at radius 2 is 1.84 bits per heavy atom. The number of aryl methyl sites for hydroxylation is 1. The lowest BCUT2D eigenvalue weighted by molar-refractivity contribution is -0.127. The van der Waals surface area contributed by atoms with E-state index in [9.17, 15) is 23.6 Å². The largest absolute Gasteiger partial charge is 0.496 e. The van der Waals surface area contributed by atoms with Gasteiger partial charge in [0.15, 0.2) is 5.78 Å². The molecule has 12 nitrogen and oxygen atoms in total. The van der Waals surface area contributed by atoms with Gasteiger partial charge in [0.25, 0.3) is 5.56 Å². The average molecular weight is 615 g/mol. The molecule has 2 N–H and O–H groups in total. The van der Waals surface area contributed by atoms with Gasteiger partial charge in [0.05, 0.1) is 38.0 Å². The number of primary amides is 1. The van der Waals surface area contributed by atoms with E-state index in [-0.39, 0.29) is 48.6 Å². The third-order valence-corrected chi connectivity index (χ3v) is 8.46. The van der Waals surface area contributed by atoms with Crippen molar-refractivity contribution in [3.8, 4) is 10.8 Å². The van der Waals surface area contributed by atoms with Crippen LogP contribution in [0.3, 0.4) is 0 Å². The quantitative estimate of drug-likeness (QED) is 0.241. The van der Waals surface area contributed by atoms with Gasteiger partial charge in [-0.15, -0.1) is 4.80 Å². The van der Waals surface area contributed by atoms with Crippen LogP contribution in [0.25, 0.3) is 15.2 Å². The highest BCUT2D eigenvalue weighted by molar-refractivity contribution is 7.21. The third-order valence-electron chi connectivity index (χ3n) is 7.18. The summed E-state index contributed by atoms with van der Waals surface area (Å²) in [6.07, 6.45) is 1.99. The zero-order valence-electron chi connectivity index (χ0n) is 24.9. The van der Waals surface area contributed by atoms with Gasteiger partial charge in [-0.05, 0) is 44.9 Å². The van der Waals surface area contributed by atoms with Gasteiger partial charge in [-0.25, -0.2) is 13.8 Å². The maximum Gasteiger partial charge on any atom is 0.333 e. The minimum atomic E-state index is -1.49. The van der Waals surface area contributed by atoms with Crippen LogP contribution in [0.2, 0.25) is 0 Å². The summed E-state index contributed by atoms with van der Waals surface area (Å²) in [5.74, 6) is -1.16. The number of rotatable bonds is 13. The Morgan fingerprint density at radius 1 is 1.16 bits per heavy atom. The van der Waals surface area contributed by atoms with Crippen molar-refractivity contribution in [2.75, 3.05) is 13.7 Å². The highest BCUT2D eigenvalue weighted by atomic mass is 32.1. The van der Waals surface area contributed by atoms with E-state index in [4.69, 9.17) is 15.2 Å². The molecule has 0 saturated heterocycles. The van der Waals surface area contributed by atoms with Gasteiger partial charge in [-0.2, -0.15) is 10.2 Å². The molecule has 230 valence electrons. The number of nitrogens with zero attached hydrogens (tertiary/aromatic N) is 5. The van der Waals surface area contributed by atoms with Crippen LogP contribution in [0.5, 0.6) is 5.75 Å². The molecule has 0 radical (unpaired) electrons. The molecule has 4 aromatic rings. The Morgan fingerprint density at radius 3 is 2.44 bits per heavy atom. The van der Waals surface area contributed by atoms with Crippen molar-refractivity contribution in [1.29, 1.82) is 0 Å². The minimum Gasteiger partial charge on any atom is -0.496 e. The number of ketones is 1. The Kier molecular flexibility index (Phi) is 9.30. The molecule has 0 spiro atoms. The molecular formula is C29H35FN6O6S. The molecule has 0 saturated carbocycles. The number of thiophene rings is 1. The van der Waals surface area contributed by atoms with E-state index in [0.717, 1.165) is 15.9 Å². The van der Waals surface area contributed by atoms with Gasteiger partial charge in [-0.3, -0.25) is 19.0 Å². The molecule has 0 aliphatic heterocycles. The lowest BCUT2D eigenvalue weighted by Gasteiger charge is -2.28. The van der Waals surface area contributed by atoms with Crippen LogP contribution in [0, 0.1) is 18.7 Å². The second kappa shape index (κ2) is 12.6. The van der Waals surface area contributed by atoms with Crippen LogP contribution >= 0.6 is 11.3 Å². The maximum atomic E-state index is 14.5. The van der Waals surface area contributed by atoms with Crippen molar-refractivity contribution in [1.82, 2.24) is 24.1 Å². The summed E-state index contributed by atoms with van der Waals surface area (Å²) in [5.41, 5.74) is 3.25. The molecule has 3 heterocycles. The average Bonchev–Trinajstić information content (AvgIpc) is 3.57. The normalized spacial score (nSPS) is 12.7. The molecular weight excluding hydrogens is 579 g/mol. The number of halogens is 1. The van der Waals surface area contributed by atoms with Crippen LogP contribution in [0.1, 0.15) is 57.8 Å². The van der Waals surface area contributed by atoms with Crippen molar-refractivity contribution in [3.05, 3.63) is 68.4 Å². The maximum absolute atomic E-state index is 14.5. The summed E-state index contributed by atoms with van der Waals surface area (Å²) in [4.78, 5) is 55.0. The number of fused-ring (bicyclic) bond motifs is 1. The topological polar surface area (TPSA) is 153 Å². The predicted octanol–water partition coefficient (Wildman–Crippen LogP) is 3.25. The van der Waals surface area contributed by atoms with Gasteiger partial charge in [-0.1, -0.05) is 25.2 Å². The Bertz CT molecular complexity index is 1770. The van der Waals surface area contributed by atoms with E-state index >= 15 is 0 Å². The smallest absolute Gasteiger partial charge is 0.333 e. The first-order chi connectivity index (χ1) is 20.3. The number of methoxy groups -OCH3 is 1. The molecule has 0 unspecified atom stereocenters. The number of carbonyl (C=O) groups is 2. The number of carbonyl (C=O) groups excluding carboxylic acids is 2. The van der Waals surface area contributed by atoms with E-state index < -0.39 is 34.6 Å². The number of aromatic nitrogens is 5. The van der Waals surface area contributed by atoms with Crippen molar-refractivity contribution in [2.24, 2.45) is 11.7 Å². The van der Waals surface area contributed by atoms with Crippen LogP contribution in [-0.4, -0.2) is 49.5 Å². The van der Waals surface area contributed by atoms with Crippen molar-refractivity contribution in [3.63, 3.8) is 0 Å². The zero-order valence-corrected chi connectivity index (χ0v) is 25.7. The van der Waals surface area contributed by atoms with Gasteiger partial charge in [0.1, 0.15) is 33.0 Å². The Hall–Kier alpha value is -4.17. The SMILES string of the molecule is COc1ccc(F)cc1[C@H](Cn1c(=O)n(C(C)(C)C(=O)CC(C)C)c(=O)c2c(C)c(-n3nccn3)sc21)OCCC(N)=O. The standard InChI is InChI=1S/C29H35FN6O6S/c1-16(2)13-22(37)29(4,5)35-25(39)24-17(3)26(36-32-10-11-33-36)43-27(24)34(28(35)40)15-21(42-12-9-23(31)38)19-14-18(30)7-8-20(19)41-6/h7-8,10-11,14,16,21H,9,12-13,15H2,1-6H3,(H2,31,38)/t21-/m0/s1. The van der Waals surface area contributed by atoms with E-state index in [1.165, 1.54) is 47.1 Å². The summed E-state index contributed by atoms with van der Waals surface area (Å²) in [6, 6.07) is 3.88. The van der Waals surface area contributed by atoms with Gasteiger partial charge < -0.3 is 15.2 Å². The number of amides is 1. The monoisotopic (exact) mass is 614 g/mol. The molecule has 1 aromatic carbocycles. The van der Waals surface area contributed by atoms with Gasteiger partial charge >= 0.3 is 5.69 Å². The lowest BCUT2D eigenvalue weighted by atomic mass is 9.91. The Labute approximate surface area is 250 Å². The minimum absolute atomic E-state index is 0.00251. The predicted molar refractivity (Wildman–Crippen MR) is 159 cm³/mol. The van der Waals surface area contributed by atoms with E-state index in [0.29, 0.717) is 21.1 Å². The number of benzene rings is 1. The van der Waals surface area contributed by atoms with Crippen LogP contribution < -0.4 is 21.7 Å². The molecule has 0 aliphatic rings. The number of hydrogen-bond acceptors (Lipinski definition) is 9. The van der Waals surface area contributed by atoms with Crippen LogP contribution in [0.4, 0.5) is 4.39 Å². The molecule has 3 aromatic heterocycles. The van der Waals surface area contributed by atoms with Crippen molar-refractivity contribution in [2.45, 2.75) is 65.6 Å². The summed E-state index contributed by atoms with van der Waals surface area (Å²) in [5, 5.41) is 9.10. The molecule has 0 bridgehead atoms.